The zero-order chi connectivity index (χ0) is 19.6. The summed E-state index contributed by atoms with van der Waals surface area (Å²) in [6.45, 7) is 1.78. The fourth-order valence-corrected chi connectivity index (χ4v) is 3.77. The third-order valence-corrected chi connectivity index (χ3v) is 5.60. The number of hydrogen-bond donors (Lipinski definition) is 0. The van der Waals surface area contributed by atoms with Gasteiger partial charge in [-0.3, -0.25) is 9.59 Å². The normalized spacial score (nSPS) is 23.4. The van der Waals surface area contributed by atoms with Gasteiger partial charge in [0.05, 0.1) is 18.4 Å². The lowest BCUT2D eigenvalue weighted by atomic mass is 10.0. The molecule has 1 fully saturated rings. The lowest BCUT2D eigenvalue weighted by Gasteiger charge is -2.12. The van der Waals surface area contributed by atoms with Gasteiger partial charge in [0, 0.05) is 10.4 Å². The number of benzene rings is 2. The van der Waals surface area contributed by atoms with E-state index in [-0.39, 0.29) is 6.61 Å². The molecule has 0 bridgehead atoms. The molecule has 1 saturated carbocycles. The van der Waals surface area contributed by atoms with Crippen LogP contribution in [0.2, 0.25) is 0 Å². The average molecular weight is 431 g/mol. The number of rotatable bonds is 6. The van der Waals surface area contributed by atoms with Crippen LogP contribution in [0.3, 0.4) is 0 Å². The SMILES string of the molecule is COC(=O)C(=O)[C@@H]1[C@@H](c2ccc(Br)cc2)[C@@]1(C)C(=O)OCc1ccccc1. The molecule has 2 aromatic rings. The minimum Gasteiger partial charge on any atom is -0.463 e. The molecule has 2 aromatic carbocycles. The first-order chi connectivity index (χ1) is 12.9. The number of carbonyl (C=O) groups is 3. The van der Waals surface area contributed by atoms with E-state index >= 15 is 0 Å². The van der Waals surface area contributed by atoms with E-state index in [1.165, 1.54) is 0 Å². The summed E-state index contributed by atoms with van der Waals surface area (Å²) in [7, 11) is 1.16. The monoisotopic (exact) mass is 430 g/mol. The zero-order valence-corrected chi connectivity index (χ0v) is 16.6. The van der Waals surface area contributed by atoms with Crippen molar-refractivity contribution < 1.29 is 23.9 Å². The van der Waals surface area contributed by atoms with Crippen molar-refractivity contribution in [2.24, 2.45) is 11.3 Å². The molecule has 0 radical (unpaired) electrons. The molecule has 0 heterocycles. The van der Waals surface area contributed by atoms with Gasteiger partial charge in [0.25, 0.3) is 0 Å². The van der Waals surface area contributed by atoms with E-state index in [2.05, 4.69) is 20.7 Å². The van der Waals surface area contributed by atoms with E-state index in [4.69, 9.17) is 4.74 Å². The van der Waals surface area contributed by atoms with Crippen LogP contribution in [-0.4, -0.2) is 24.8 Å². The number of ketones is 1. The summed E-state index contributed by atoms with van der Waals surface area (Å²) < 4.78 is 10.9. The van der Waals surface area contributed by atoms with Gasteiger partial charge in [0.2, 0.25) is 5.78 Å². The lowest BCUT2D eigenvalue weighted by molar-refractivity contribution is -0.155. The van der Waals surface area contributed by atoms with Crippen LogP contribution in [0, 0.1) is 11.3 Å². The Hall–Kier alpha value is -2.47. The third kappa shape index (κ3) is 3.67. The summed E-state index contributed by atoms with van der Waals surface area (Å²) >= 11 is 3.37. The van der Waals surface area contributed by atoms with E-state index in [1.54, 1.807) is 6.92 Å². The Balaban J connectivity index is 1.84. The molecule has 0 aromatic heterocycles. The molecular formula is C21H19BrO5. The third-order valence-electron chi connectivity index (χ3n) is 5.07. The number of carbonyl (C=O) groups excluding carboxylic acids is 3. The van der Waals surface area contributed by atoms with Gasteiger partial charge in [-0.15, -0.1) is 0 Å². The predicted molar refractivity (Wildman–Crippen MR) is 102 cm³/mol. The molecular weight excluding hydrogens is 412 g/mol. The van der Waals surface area contributed by atoms with E-state index in [9.17, 15) is 14.4 Å². The highest BCUT2D eigenvalue weighted by atomic mass is 79.9. The highest BCUT2D eigenvalue weighted by molar-refractivity contribution is 9.10. The number of methoxy groups -OCH3 is 1. The molecule has 6 heteroatoms. The average Bonchev–Trinajstić information content (AvgIpc) is 3.33. The van der Waals surface area contributed by atoms with Gasteiger partial charge in [0.15, 0.2) is 0 Å². The maximum atomic E-state index is 12.8. The Morgan fingerprint density at radius 3 is 2.26 bits per heavy atom. The van der Waals surface area contributed by atoms with E-state index < -0.39 is 35.0 Å². The predicted octanol–water partition coefficient (Wildman–Crippen LogP) is 3.65. The number of ether oxygens (including phenoxy) is 2. The van der Waals surface area contributed by atoms with Gasteiger partial charge in [0.1, 0.15) is 6.61 Å². The lowest BCUT2D eigenvalue weighted by Crippen LogP contribution is -2.25. The van der Waals surface area contributed by atoms with Crippen molar-refractivity contribution in [1.82, 2.24) is 0 Å². The standard InChI is InChI=1S/C21H19BrO5/c1-21(20(25)27-12-13-6-4-3-5-7-13)16(14-8-10-15(22)11-9-14)17(21)18(23)19(24)26-2/h3-11,16-17H,12H2,1-2H3/t16-,17+,21-/m1/s1. The van der Waals surface area contributed by atoms with Crippen molar-refractivity contribution in [3.8, 4) is 0 Å². The largest absolute Gasteiger partial charge is 0.463 e. The topological polar surface area (TPSA) is 69.7 Å². The van der Waals surface area contributed by atoms with Gasteiger partial charge < -0.3 is 9.47 Å². The number of esters is 2. The zero-order valence-electron chi connectivity index (χ0n) is 15.0. The fourth-order valence-electron chi connectivity index (χ4n) is 3.51. The van der Waals surface area contributed by atoms with Crippen LogP contribution >= 0.6 is 15.9 Å². The maximum absolute atomic E-state index is 12.8. The van der Waals surface area contributed by atoms with E-state index in [0.29, 0.717) is 0 Å². The smallest absolute Gasteiger partial charge is 0.374 e. The highest BCUT2D eigenvalue weighted by Gasteiger charge is 2.72. The first-order valence-electron chi connectivity index (χ1n) is 8.48. The minimum atomic E-state index is -1.10. The molecule has 27 heavy (non-hydrogen) atoms. The number of halogens is 1. The van der Waals surface area contributed by atoms with Gasteiger partial charge in [-0.1, -0.05) is 58.4 Å². The van der Waals surface area contributed by atoms with Gasteiger partial charge in [-0.2, -0.15) is 0 Å². The van der Waals surface area contributed by atoms with E-state index in [0.717, 1.165) is 22.7 Å². The van der Waals surface area contributed by atoms with Crippen molar-refractivity contribution in [1.29, 1.82) is 0 Å². The van der Waals surface area contributed by atoms with Crippen molar-refractivity contribution in [2.45, 2.75) is 19.4 Å². The molecule has 0 unspecified atom stereocenters. The molecule has 140 valence electrons. The van der Waals surface area contributed by atoms with Crippen molar-refractivity contribution in [3.63, 3.8) is 0 Å². The first-order valence-corrected chi connectivity index (χ1v) is 9.27. The molecule has 0 aliphatic heterocycles. The van der Waals surface area contributed by atoms with Crippen LogP contribution in [0.15, 0.2) is 59.1 Å². The Morgan fingerprint density at radius 1 is 1.04 bits per heavy atom. The van der Waals surface area contributed by atoms with E-state index in [1.807, 2.05) is 54.6 Å². The number of Topliss-reactive ketones (excluding diaryl/α,β-unsaturated/α-hetero) is 1. The van der Waals surface area contributed by atoms with Gasteiger partial charge in [-0.05, 0) is 30.2 Å². The Kier molecular flexibility index (Phi) is 5.46. The summed E-state index contributed by atoms with van der Waals surface area (Å²) in [5, 5.41) is 0. The first kappa shape index (κ1) is 19.3. The molecule has 1 aliphatic carbocycles. The summed E-state index contributed by atoms with van der Waals surface area (Å²) in [6, 6.07) is 16.6. The molecule has 0 saturated heterocycles. The number of hydrogen-bond acceptors (Lipinski definition) is 5. The molecule has 5 nitrogen and oxygen atoms in total. The maximum Gasteiger partial charge on any atom is 0.374 e. The Bertz CT molecular complexity index is 862. The van der Waals surface area contributed by atoms with Gasteiger partial charge >= 0.3 is 11.9 Å². The fraction of sp³-hybridized carbons (Fsp3) is 0.286. The summed E-state index contributed by atoms with van der Waals surface area (Å²) in [5.41, 5.74) is 0.555. The van der Waals surface area contributed by atoms with Crippen molar-refractivity contribution in [2.75, 3.05) is 7.11 Å². The summed E-state index contributed by atoms with van der Waals surface area (Å²) in [5.74, 6) is -3.37. The van der Waals surface area contributed by atoms with Crippen molar-refractivity contribution >= 4 is 33.7 Å². The summed E-state index contributed by atoms with van der Waals surface area (Å²) in [6.07, 6.45) is 0. The van der Waals surface area contributed by atoms with Crippen LogP contribution in [-0.2, 0) is 30.5 Å². The molecule has 1 aliphatic rings. The minimum absolute atomic E-state index is 0.113. The van der Waals surface area contributed by atoms with Crippen LogP contribution in [0.5, 0.6) is 0 Å². The van der Waals surface area contributed by atoms with Crippen LogP contribution in [0.1, 0.15) is 24.0 Å². The highest BCUT2D eigenvalue weighted by Crippen LogP contribution is 2.65. The molecule has 0 amide bonds. The molecule has 0 spiro atoms. The van der Waals surface area contributed by atoms with Gasteiger partial charge in [-0.25, -0.2) is 4.79 Å². The molecule has 0 N–H and O–H groups in total. The van der Waals surface area contributed by atoms with Crippen molar-refractivity contribution in [3.05, 3.63) is 70.2 Å². The Labute approximate surface area is 165 Å². The second-order valence-electron chi connectivity index (χ2n) is 6.71. The quantitative estimate of drug-likeness (QED) is 0.516. The second kappa shape index (κ2) is 7.64. The Morgan fingerprint density at radius 2 is 1.67 bits per heavy atom. The second-order valence-corrected chi connectivity index (χ2v) is 7.62. The van der Waals surface area contributed by atoms with Crippen LogP contribution in [0.4, 0.5) is 0 Å². The van der Waals surface area contributed by atoms with Crippen LogP contribution in [0.25, 0.3) is 0 Å². The summed E-state index contributed by atoms with van der Waals surface area (Å²) in [4.78, 5) is 37.1. The van der Waals surface area contributed by atoms with Crippen LogP contribution < -0.4 is 0 Å². The molecule has 3 atom stereocenters. The molecule has 3 rings (SSSR count).